The molecule has 0 spiro atoms. The number of amides is 1. The molecule has 0 heterocycles. The van der Waals surface area contributed by atoms with E-state index in [4.69, 9.17) is 9.84 Å². The van der Waals surface area contributed by atoms with Crippen molar-refractivity contribution in [3.63, 3.8) is 0 Å². The first-order valence-corrected chi connectivity index (χ1v) is 4.78. The SMILES string of the molecule is CC(C)=CC(=O)NCCCOCCO. The number of rotatable bonds is 7. The zero-order chi connectivity index (χ0) is 10.8. The van der Waals surface area contributed by atoms with E-state index in [1.165, 1.54) is 0 Å². The summed E-state index contributed by atoms with van der Waals surface area (Å²) >= 11 is 0. The van der Waals surface area contributed by atoms with Crippen LogP contribution in [0.25, 0.3) is 0 Å². The maximum absolute atomic E-state index is 11.1. The van der Waals surface area contributed by atoms with E-state index in [0.717, 1.165) is 12.0 Å². The predicted octanol–water partition coefficient (Wildman–Crippen LogP) is 0.468. The van der Waals surface area contributed by atoms with Gasteiger partial charge in [0.15, 0.2) is 0 Å². The number of aliphatic hydroxyl groups excluding tert-OH is 1. The lowest BCUT2D eigenvalue weighted by atomic mass is 10.3. The van der Waals surface area contributed by atoms with Crippen molar-refractivity contribution in [2.45, 2.75) is 20.3 Å². The Balaban J connectivity index is 3.28. The largest absolute Gasteiger partial charge is 0.394 e. The monoisotopic (exact) mass is 201 g/mol. The molecule has 82 valence electrons. The molecule has 0 aromatic carbocycles. The minimum Gasteiger partial charge on any atom is -0.394 e. The predicted molar refractivity (Wildman–Crippen MR) is 55.0 cm³/mol. The number of carbonyl (C=O) groups excluding carboxylic acids is 1. The van der Waals surface area contributed by atoms with Crippen molar-refractivity contribution in [3.8, 4) is 0 Å². The van der Waals surface area contributed by atoms with Crippen molar-refractivity contribution in [2.24, 2.45) is 0 Å². The van der Waals surface area contributed by atoms with Crippen LogP contribution in [0.1, 0.15) is 20.3 Å². The third kappa shape index (κ3) is 9.22. The summed E-state index contributed by atoms with van der Waals surface area (Å²) in [7, 11) is 0. The van der Waals surface area contributed by atoms with Crippen molar-refractivity contribution < 1.29 is 14.6 Å². The van der Waals surface area contributed by atoms with E-state index >= 15 is 0 Å². The third-order valence-electron chi connectivity index (χ3n) is 1.42. The van der Waals surface area contributed by atoms with Gasteiger partial charge in [-0.2, -0.15) is 0 Å². The van der Waals surface area contributed by atoms with Crippen LogP contribution in [-0.2, 0) is 9.53 Å². The number of aliphatic hydroxyl groups is 1. The van der Waals surface area contributed by atoms with Crippen molar-refractivity contribution in [3.05, 3.63) is 11.6 Å². The van der Waals surface area contributed by atoms with Gasteiger partial charge in [0.05, 0.1) is 13.2 Å². The number of carbonyl (C=O) groups is 1. The lowest BCUT2D eigenvalue weighted by Gasteiger charge is -2.03. The van der Waals surface area contributed by atoms with E-state index in [1.54, 1.807) is 6.08 Å². The van der Waals surface area contributed by atoms with Crippen LogP contribution >= 0.6 is 0 Å². The molecule has 0 saturated carbocycles. The van der Waals surface area contributed by atoms with Crippen LogP contribution in [0, 0.1) is 0 Å². The Hall–Kier alpha value is -0.870. The molecular formula is C10H19NO3. The van der Waals surface area contributed by atoms with Crippen LogP contribution in [0.4, 0.5) is 0 Å². The highest BCUT2D eigenvalue weighted by molar-refractivity contribution is 5.87. The first kappa shape index (κ1) is 13.1. The fourth-order valence-electron chi connectivity index (χ4n) is 0.866. The molecule has 14 heavy (non-hydrogen) atoms. The van der Waals surface area contributed by atoms with Crippen LogP contribution in [-0.4, -0.2) is 37.4 Å². The molecule has 1 amide bonds. The Morgan fingerprint density at radius 3 is 2.71 bits per heavy atom. The molecular weight excluding hydrogens is 182 g/mol. The fourth-order valence-corrected chi connectivity index (χ4v) is 0.866. The Morgan fingerprint density at radius 1 is 1.43 bits per heavy atom. The molecule has 4 heteroatoms. The first-order valence-electron chi connectivity index (χ1n) is 4.78. The summed E-state index contributed by atoms with van der Waals surface area (Å²) in [6, 6.07) is 0. The Labute approximate surface area is 85.0 Å². The molecule has 0 aromatic heterocycles. The van der Waals surface area contributed by atoms with Crippen LogP contribution in [0.5, 0.6) is 0 Å². The minimum atomic E-state index is -0.0628. The van der Waals surface area contributed by atoms with Gasteiger partial charge in [-0.25, -0.2) is 0 Å². The van der Waals surface area contributed by atoms with E-state index in [9.17, 15) is 4.79 Å². The smallest absolute Gasteiger partial charge is 0.243 e. The fraction of sp³-hybridized carbons (Fsp3) is 0.700. The van der Waals surface area contributed by atoms with Gasteiger partial charge in [-0.3, -0.25) is 4.79 Å². The van der Waals surface area contributed by atoms with Gasteiger partial charge in [0.1, 0.15) is 0 Å². The van der Waals surface area contributed by atoms with E-state index in [0.29, 0.717) is 19.8 Å². The molecule has 0 aromatic rings. The number of allylic oxidation sites excluding steroid dienone is 1. The van der Waals surface area contributed by atoms with E-state index < -0.39 is 0 Å². The highest BCUT2D eigenvalue weighted by Gasteiger charge is 1.94. The number of hydrogen-bond donors (Lipinski definition) is 2. The van der Waals surface area contributed by atoms with Gasteiger partial charge in [-0.05, 0) is 20.3 Å². The van der Waals surface area contributed by atoms with Crippen molar-refractivity contribution in [1.29, 1.82) is 0 Å². The van der Waals surface area contributed by atoms with Gasteiger partial charge in [0.25, 0.3) is 0 Å². The normalized spacial score (nSPS) is 9.64. The van der Waals surface area contributed by atoms with E-state index in [1.807, 2.05) is 13.8 Å². The van der Waals surface area contributed by atoms with Crippen LogP contribution in [0.2, 0.25) is 0 Å². The Kier molecular flexibility index (Phi) is 8.17. The summed E-state index contributed by atoms with van der Waals surface area (Å²) in [6.45, 7) is 5.34. The third-order valence-corrected chi connectivity index (χ3v) is 1.42. The summed E-state index contributed by atoms with van der Waals surface area (Å²) < 4.78 is 5.03. The van der Waals surface area contributed by atoms with Gasteiger partial charge < -0.3 is 15.2 Å². The topological polar surface area (TPSA) is 58.6 Å². The van der Waals surface area contributed by atoms with Crippen LogP contribution in [0.3, 0.4) is 0 Å². The van der Waals surface area contributed by atoms with Gasteiger partial charge in [0, 0.05) is 19.2 Å². The van der Waals surface area contributed by atoms with Gasteiger partial charge in [0.2, 0.25) is 5.91 Å². The zero-order valence-electron chi connectivity index (χ0n) is 8.88. The van der Waals surface area contributed by atoms with Crippen molar-refractivity contribution in [2.75, 3.05) is 26.4 Å². The molecule has 0 rings (SSSR count). The summed E-state index contributed by atoms with van der Waals surface area (Å²) in [5, 5.41) is 11.1. The zero-order valence-corrected chi connectivity index (χ0v) is 8.88. The quantitative estimate of drug-likeness (QED) is 0.465. The molecule has 0 unspecified atom stereocenters. The highest BCUT2D eigenvalue weighted by Crippen LogP contribution is 1.87. The summed E-state index contributed by atoms with van der Waals surface area (Å²) in [6.07, 6.45) is 2.33. The molecule has 4 nitrogen and oxygen atoms in total. The van der Waals surface area contributed by atoms with Gasteiger partial charge in [-0.15, -0.1) is 0 Å². The minimum absolute atomic E-state index is 0.0458. The average Bonchev–Trinajstić information content (AvgIpc) is 2.10. The summed E-state index contributed by atoms with van der Waals surface area (Å²) in [4.78, 5) is 11.1. The van der Waals surface area contributed by atoms with Gasteiger partial charge >= 0.3 is 0 Å². The molecule has 0 saturated heterocycles. The molecule has 0 fully saturated rings. The molecule has 0 aliphatic heterocycles. The maximum Gasteiger partial charge on any atom is 0.243 e. The van der Waals surface area contributed by atoms with Crippen molar-refractivity contribution in [1.82, 2.24) is 5.32 Å². The second kappa shape index (κ2) is 8.72. The second-order valence-electron chi connectivity index (χ2n) is 3.20. The number of hydrogen-bond acceptors (Lipinski definition) is 3. The second-order valence-corrected chi connectivity index (χ2v) is 3.20. The number of ether oxygens (including phenoxy) is 1. The summed E-state index contributed by atoms with van der Waals surface area (Å²) in [5.41, 5.74) is 0.985. The summed E-state index contributed by atoms with van der Waals surface area (Å²) in [5.74, 6) is -0.0628. The molecule has 0 aliphatic carbocycles. The molecule has 0 bridgehead atoms. The average molecular weight is 201 g/mol. The highest BCUT2D eigenvalue weighted by atomic mass is 16.5. The van der Waals surface area contributed by atoms with Crippen LogP contribution < -0.4 is 5.32 Å². The lowest BCUT2D eigenvalue weighted by Crippen LogP contribution is -2.23. The number of nitrogens with one attached hydrogen (secondary N) is 1. The van der Waals surface area contributed by atoms with Crippen LogP contribution in [0.15, 0.2) is 11.6 Å². The van der Waals surface area contributed by atoms with Crippen molar-refractivity contribution >= 4 is 5.91 Å². The lowest BCUT2D eigenvalue weighted by molar-refractivity contribution is -0.116. The standard InChI is InChI=1S/C10H19NO3/c1-9(2)8-10(13)11-4-3-6-14-7-5-12/h8,12H,3-7H2,1-2H3,(H,11,13). The van der Waals surface area contributed by atoms with E-state index in [2.05, 4.69) is 5.32 Å². The Morgan fingerprint density at radius 2 is 2.14 bits per heavy atom. The first-order chi connectivity index (χ1) is 6.66. The maximum atomic E-state index is 11.1. The molecule has 0 atom stereocenters. The molecule has 0 aliphatic rings. The van der Waals surface area contributed by atoms with Gasteiger partial charge in [-0.1, -0.05) is 5.57 Å². The molecule has 2 N–H and O–H groups in total. The Bertz CT molecular complexity index is 186. The van der Waals surface area contributed by atoms with E-state index in [-0.39, 0.29) is 12.5 Å². The molecule has 0 radical (unpaired) electrons.